The molecule has 0 radical (unpaired) electrons. The van der Waals surface area contributed by atoms with Crippen LogP contribution in [-0.4, -0.2) is 59.5 Å². The van der Waals surface area contributed by atoms with Gasteiger partial charge in [-0.05, 0) is 56.4 Å². The second-order valence-corrected chi connectivity index (χ2v) is 10.1. The van der Waals surface area contributed by atoms with E-state index < -0.39 is 6.10 Å². The molecule has 1 amide bonds. The molecule has 33 heavy (non-hydrogen) atoms. The lowest BCUT2D eigenvalue weighted by Gasteiger charge is -2.26. The van der Waals surface area contributed by atoms with Gasteiger partial charge >= 0.3 is 0 Å². The van der Waals surface area contributed by atoms with Crippen molar-refractivity contribution in [3.05, 3.63) is 59.2 Å². The van der Waals surface area contributed by atoms with Gasteiger partial charge in [0, 0.05) is 31.8 Å². The minimum atomic E-state index is -0.532. The summed E-state index contributed by atoms with van der Waals surface area (Å²) < 4.78 is 5.32. The molecule has 0 bridgehead atoms. The van der Waals surface area contributed by atoms with Crippen LogP contribution in [0.15, 0.2) is 48.1 Å². The van der Waals surface area contributed by atoms with E-state index >= 15 is 0 Å². The maximum absolute atomic E-state index is 12.3. The van der Waals surface area contributed by atoms with Crippen LogP contribution >= 0.6 is 0 Å². The third-order valence-electron chi connectivity index (χ3n) is 7.54. The van der Waals surface area contributed by atoms with Crippen LogP contribution in [0.3, 0.4) is 0 Å². The molecule has 1 aromatic rings. The lowest BCUT2D eigenvalue weighted by atomic mass is 9.88. The van der Waals surface area contributed by atoms with E-state index in [0.29, 0.717) is 37.9 Å². The third kappa shape index (κ3) is 6.56. The molecule has 0 aromatic heterocycles. The summed E-state index contributed by atoms with van der Waals surface area (Å²) in [6.45, 7) is 4.83. The molecule has 1 saturated carbocycles. The number of morpholine rings is 1. The Balaban J connectivity index is 1.21. The Hall–Kier alpha value is -1.95. The Kier molecular flexibility index (Phi) is 8.39. The number of benzene rings is 1. The van der Waals surface area contributed by atoms with Crippen LogP contribution in [0.5, 0.6) is 0 Å². The molecule has 4 rings (SSSR count). The summed E-state index contributed by atoms with van der Waals surface area (Å²) in [4.78, 5) is 14.2. The number of rotatable bonds is 9. The first-order valence-electron chi connectivity index (χ1n) is 12.6. The third-order valence-corrected chi connectivity index (χ3v) is 7.54. The van der Waals surface area contributed by atoms with E-state index in [1.54, 1.807) is 0 Å². The van der Waals surface area contributed by atoms with E-state index in [2.05, 4.69) is 31.2 Å². The van der Waals surface area contributed by atoms with Crippen LogP contribution in [0, 0.1) is 24.7 Å². The van der Waals surface area contributed by atoms with Gasteiger partial charge in [-0.15, -0.1) is 0 Å². The Morgan fingerprint density at radius 3 is 2.88 bits per heavy atom. The number of aryl methyl sites for hydroxylation is 1. The monoisotopic (exact) mass is 453 g/mol. The van der Waals surface area contributed by atoms with Gasteiger partial charge in [-0.1, -0.05) is 53.6 Å². The molecule has 0 spiro atoms. The molecule has 0 unspecified atom stereocenters. The van der Waals surface area contributed by atoms with Crippen LogP contribution in [0.1, 0.15) is 49.7 Å². The predicted molar refractivity (Wildman–Crippen MR) is 130 cm³/mol. The minimum absolute atomic E-state index is 0.110. The first kappa shape index (κ1) is 24.2. The molecule has 2 N–H and O–H groups in total. The number of unbranched alkanes of at least 4 members (excludes halogenated alkanes) is 1. The first-order valence-corrected chi connectivity index (χ1v) is 12.6. The van der Waals surface area contributed by atoms with Crippen molar-refractivity contribution in [3.63, 3.8) is 0 Å². The summed E-state index contributed by atoms with van der Waals surface area (Å²) in [5.74, 6) is 1.24. The second kappa shape index (κ2) is 11.5. The van der Waals surface area contributed by atoms with E-state index in [1.807, 2.05) is 23.1 Å². The van der Waals surface area contributed by atoms with Gasteiger partial charge in [-0.3, -0.25) is 4.79 Å². The maximum Gasteiger partial charge on any atom is 0.222 e. The average molecular weight is 454 g/mol. The fourth-order valence-corrected chi connectivity index (χ4v) is 5.79. The number of carbonyl (C=O) groups is 1. The Morgan fingerprint density at radius 2 is 2.09 bits per heavy atom. The molecule has 5 heteroatoms. The molecule has 2 fully saturated rings. The molecule has 1 aliphatic heterocycles. The normalized spacial score (nSPS) is 28.2. The molecule has 1 heterocycles. The molecular formula is C28H39NO4. The smallest absolute Gasteiger partial charge is 0.222 e. The van der Waals surface area contributed by atoms with Crippen molar-refractivity contribution < 1.29 is 19.7 Å². The predicted octanol–water partition coefficient (Wildman–Crippen LogP) is 3.82. The van der Waals surface area contributed by atoms with E-state index in [4.69, 9.17) is 4.74 Å². The highest BCUT2D eigenvalue weighted by atomic mass is 16.5. The number of amides is 1. The number of ether oxygens (including phenoxy) is 1. The van der Waals surface area contributed by atoms with Gasteiger partial charge < -0.3 is 19.8 Å². The molecule has 2 aliphatic carbocycles. The summed E-state index contributed by atoms with van der Waals surface area (Å²) in [7, 11) is 0. The van der Waals surface area contributed by atoms with Gasteiger partial charge in [-0.25, -0.2) is 0 Å². The fourth-order valence-electron chi connectivity index (χ4n) is 5.79. The highest BCUT2D eigenvalue weighted by Crippen LogP contribution is 2.48. The Morgan fingerprint density at radius 1 is 1.27 bits per heavy atom. The van der Waals surface area contributed by atoms with Crippen molar-refractivity contribution in [2.75, 3.05) is 26.3 Å². The van der Waals surface area contributed by atoms with Crippen LogP contribution < -0.4 is 0 Å². The molecule has 5 atom stereocenters. The highest BCUT2D eigenvalue weighted by Gasteiger charge is 2.43. The van der Waals surface area contributed by atoms with Crippen molar-refractivity contribution >= 4 is 5.91 Å². The van der Waals surface area contributed by atoms with Crippen molar-refractivity contribution in [2.24, 2.45) is 17.8 Å². The molecular weight excluding hydrogens is 414 g/mol. The van der Waals surface area contributed by atoms with Crippen molar-refractivity contribution in [1.82, 2.24) is 4.90 Å². The number of aliphatic hydroxyl groups excluding tert-OH is 2. The van der Waals surface area contributed by atoms with Crippen LogP contribution in [-0.2, 0) is 16.0 Å². The SMILES string of the molecule is Cc1cccc(C[C@H](O)/C=C/[C@@H]2[C@H]3CC(CCCCC(=O)N4CCOCC4)=C[C@H]3C[C@H]2O)c1. The van der Waals surface area contributed by atoms with E-state index in [1.165, 1.54) is 11.1 Å². The molecule has 180 valence electrons. The second-order valence-electron chi connectivity index (χ2n) is 10.1. The number of carbonyl (C=O) groups excluding carboxylic acids is 1. The summed E-state index contributed by atoms with van der Waals surface area (Å²) in [6.07, 6.45) is 11.6. The summed E-state index contributed by atoms with van der Waals surface area (Å²) >= 11 is 0. The van der Waals surface area contributed by atoms with Crippen molar-refractivity contribution in [1.29, 1.82) is 0 Å². The number of hydrogen-bond acceptors (Lipinski definition) is 4. The summed E-state index contributed by atoms with van der Waals surface area (Å²) in [5, 5.41) is 21.1. The van der Waals surface area contributed by atoms with E-state index in [-0.39, 0.29) is 17.9 Å². The fraction of sp³-hybridized carbons (Fsp3) is 0.607. The molecule has 1 aromatic carbocycles. The topological polar surface area (TPSA) is 70.0 Å². The highest BCUT2D eigenvalue weighted by molar-refractivity contribution is 5.76. The number of allylic oxidation sites excluding steroid dienone is 2. The standard InChI is InChI=1S/C28H39NO4/c1-20-5-4-7-21(15-20)17-24(30)9-10-25-26-18-22(16-23(26)19-27(25)31)6-2-3-8-28(32)29-11-13-33-14-12-29/h4-5,7,9-10,15-16,23-27,30-31H,2-3,6,8,11-14,17-19H2,1H3/b10-9+/t23-,24+,25+,26-,27+/m0/s1. The van der Waals surface area contributed by atoms with Crippen molar-refractivity contribution in [2.45, 2.75) is 64.1 Å². The largest absolute Gasteiger partial charge is 0.392 e. The van der Waals surface area contributed by atoms with Crippen LogP contribution in [0.2, 0.25) is 0 Å². The number of aliphatic hydroxyl groups is 2. The summed E-state index contributed by atoms with van der Waals surface area (Å²) in [6, 6.07) is 8.25. The quantitative estimate of drug-likeness (QED) is 0.441. The number of fused-ring (bicyclic) bond motifs is 1. The molecule has 3 aliphatic rings. The van der Waals surface area contributed by atoms with Gasteiger partial charge in [0.2, 0.25) is 5.91 Å². The zero-order valence-corrected chi connectivity index (χ0v) is 19.9. The Labute approximate surface area is 198 Å². The Bertz CT molecular complexity index is 857. The average Bonchev–Trinajstić information content (AvgIpc) is 3.32. The van der Waals surface area contributed by atoms with E-state index in [0.717, 1.165) is 50.8 Å². The van der Waals surface area contributed by atoms with Gasteiger partial charge in [0.05, 0.1) is 25.4 Å². The maximum atomic E-state index is 12.3. The van der Waals surface area contributed by atoms with Crippen LogP contribution in [0.25, 0.3) is 0 Å². The van der Waals surface area contributed by atoms with Gasteiger partial charge in [0.25, 0.3) is 0 Å². The zero-order valence-electron chi connectivity index (χ0n) is 19.9. The van der Waals surface area contributed by atoms with Gasteiger partial charge in [-0.2, -0.15) is 0 Å². The van der Waals surface area contributed by atoms with Crippen molar-refractivity contribution in [3.8, 4) is 0 Å². The van der Waals surface area contributed by atoms with E-state index in [9.17, 15) is 15.0 Å². The molecule has 5 nitrogen and oxygen atoms in total. The molecule has 1 saturated heterocycles. The first-order chi connectivity index (χ1) is 16.0. The number of hydrogen-bond donors (Lipinski definition) is 2. The zero-order chi connectivity index (χ0) is 23.2. The van der Waals surface area contributed by atoms with Crippen LogP contribution in [0.4, 0.5) is 0 Å². The van der Waals surface area contributed by atoms with Gasteiger partial charge in [0.1, 0.15) is 0 Å². The van der Waals surface area contributed by atoms with Gasteiger partial charge in [0.15, 0.2) is 0 Å². The number of nitrogens with zero attached hydrogens (tertiary/aromatic N) is 1. The lowest BCUT2D eigenvalue weighted by molar-refractivity contribution is -0.135. The lowest BCUT2D eigenvalue weighted by Crippen LogP contribution is -2.40. The minimum Gasteiger partial charge on any atom is -0.392 e. The summed E-state index contributed by atoms with van der Waals surface area (Å²) in [5.41, 5.74) is 3.82.